The van der Waals surface area contributed by atoms with E-state index in [0.717, 1.165) is 44.7 Å². The van der Waals surface area contributed by atoms with Gasteiger partial charge >= 0.3 is 0 Å². The molecule has 104 valence electrons. The Morgan fingerprint density at radius 2 is 1.95 bits per heavy atom. The van der Waals surface area contributed by atoms with E-state index >= 15 is 0 Å². The summed E-state index contributed by atoms with van der Waals surface area (Å²) in [7, 11) is 2.14. The summed E-state index contributed by atoms with van der Waals surface area (Å²) in [6.45, 7) is 3.61. The molecule has 2 heterocycles. The first-order valence-electron chi connectivity index (χ1n) is 7.12. The molecule has 2 aliphatic rings. The smallest absolute Gasteiger partial charge is 0.168 e. The minimum Gasteiger partial charge on any atom is -0.357 e. The lowest BCUT2D eigenvalue weighted by atomic mass is 9.89. The third kappa shape index (κ3) is 2.60. The molecule has 3 rings (SSSR count). The Hall–Kier alpha value is -1.13. The summed E-state index contributed by atoms with van der Waals surface area (Å²) in [6.07, 6.45) is 6.08. The van der Waals surface area contributed by atoms with Crippen molar-refractivity contribution in [2.24, 2.45) is 0 Å². The van der Waals surface area contributed by atoms with Gasteiger partial charge in [-0.25, -0.2) is 4.98 Å². The van der Waals surface area contributed by atoms with E-state index in [4.69, 9.17) is 9.47 Å². The van der Waals surface area contributed by atoms with Crippen LogP contribution in [-0.2, 0) is 9.47 Å². The Morgan fingerprint density at radius 1 is 1.26 bits per heavy atom. The molecule has 0 atom stereocenters. The molecule has 0 unspecified atom stereocenters. The number of aromatic nitrogens is 1. The molecule has 2 fully saturated rings. The lowest BCUT2D eigenvalue weighted by Gasteiger charge is -2.39. The second-order valence-corrected chi connectivity index (χ2v) is 5.64. The van der Waals surface area contributed by atoms with E-state index in [0.29, 0.717) is 6.04 Å². The second-order valence-electron chi connectivity index (χ2n) is 5.64. The van der Waals surface area contributed by atoms with E-state index in [2.05, 4.69) is 29.9 Å². The van der Waals surface area contributed by atoms with Crippen molar-refractivity contribution in [1.82, 2.24) is 4.98 Å². The first kappa shape index (κ1) is 12.9. The first-order valence-corrected chi connectivity index (χ1v) is 7.12. The maximum atomic E-state index is 5.78. The predicted molar refractivity (Wildman–Crippen MR) is 74.3 cm³/mol. The van der Waals surface area contributed by atoms with Gasteiger partial charge in [-0.2, -0.15) is 0 Å². The molecule has 1 aliphatic carbocycles. The van der Waals surface area contributed by atoms with E-state index in [1.54, 1.807) is 0 Å². The Morgan fingerprint density at radius 3 is 2.58 bits per heavy atom. The Kier molecular flexibility index (Phi) is 3.46. The molecule has 1 aliphatic heterocycles. The van der Waals surface area contributed by atoms with Gasteiger partial charge in [0.25, 0.3) is 0 Å². The molecule has 0 radical (unpaired) electrons. The van der Waals surface area contributed by atoms with Gasteiger partial charge in [-0.15, -0.1) is 0 Å². The molecule has 1 aromatic heterocycles. The van der Waals surface area contributed by atoms with Crippen molar-refractivity contribution >= 4 is 5.82 Å². The molecule has 1 aromatic rings. The van der Waals surface area contributed by atoms with Crippen molar-refractivity contribution in [3.8, 4) is 0 Å². The van der Waals surface area contributed by atoms with Crippen LogP contribution in [0, 0.1) is 6.92 Å². The highest BCUT2D eigenvalue weighted by Crippen LogP contribution is 2.37. The summed E-state index contributed by atoms with van der Waals surface area (Å²) < 4.78 is 11.6. The number of aryl methyl sites for hydroxylation is 1. The molecule has 0 N–H and O–H groups in total. The number of hydrogen-bond acceptors (Lipinski definition) is 4. The van der Waals surface area contributed by atoms with E-state index in [9.17, 15) is 0 Å². The van der Waals surface area contributed by atoms with E-state index in [-0.39, 0.29) is 5.79 Å². The molecular formula is C15H22N2O2. The van der Waals surface area contributed by atoms with Gasteiger partial charge in [-0.05, 0) is 37.5 Å². The van der Waals surface area contributed by atoms with Crippen LogP contribution in [0.1, 0.15) is 31.2 Å². The third-order valence-electron chi connectivity index (χ3n) is 4.34. The fraction of sp³-hybridized carbons (Fsp3) is 0.667. The topological polar surface area (TPSA) is 34.6 Å². The molecule has 1 saturated carbocycles. The first-order chi connectivity index (χ1) is 9.19. The minimum atomic E-state index is -0.266. The zero-order valence-corrected chi connectivity index (χ0v) is 11.8. The SMILES string of the molecule is Cc1ccnc(N(C)C2CCC3(CC2)OCCO3)c1. The summed E-state index contributed by atoms with van der Waals surface area (Å²) in [5.41, 5.74) is 1.26. The molecule has 4 heteroatoms. The molecule has 19 heavy (non-hydrogen) atoms. The zero-order chi connectivity index (χ0) is 13.3. The van der Waals surface area contributed by atoms with Crippen molar-refractivity contribution < 1.29 is 9.47 Å². The van der Waals surface area contributed by atoms with Crippen molar-refractivity contribution in [3.63, 3.8) is 0 Å². The maximum absolute atomic E-state index is 5.78. The minimum absolute atomic E-state index is 0.266. The van der Waals surface area contributed by atoms with Gasteiger partial charge in [-0.1, -0.05) is 0 Å². The van der Waals surface area contributed by atoms with Crippen molar-refractivity contribution in [2.45, 2.75) is 44.4 Å². The van der Waals surface area contributed by atoms with Crippen molar-refractivity contribution in [3.05, 3.63) is 23.9 Å². The highest BCUT2D eigenvalue weighted by atomic mass is 16.7. The Labute approximate surface area is 114 Å². The fourth-order valence-electron chi connectivity index (χ4n) is 3.12. The largest absolute Gasteiger partial charge is 0.357 e. The molecule has 0 amide bonds. The van der Waals surface area contributed by atoms with Crippen LogP contribution in [0.25, 0.3) is 0 Å². The third-order valence-corrected chi connectivity index (χ3v) is 4.34. The molecule has 1 spiro atoms. The van der Waals surface area contributed by atoms with E-state index in [1.807, 2.05) is 12.3 Å². The van der Waals surface area contributed by atoms with Gasteiger partial charge in [0.2, 0.25) is 0 Å². The predicted octanol–water partition coefficient (Wildman–Crippen LogP) is 2.51. The number of pyridine rings is 1. The average molecular weight is 262 g/mol. The standard InChI is InChI=1S/C15H22N2O2/c1-12-5-8-16-14(11-12)17(2)13-3-6-15(7-4-13)18-9-10-19-15/h5,8,11,13H,3-4,6-7,9-10H2,1-2H3. The summed E-state index contributed by atoms with van der Waals surface area (Å²) in [6, 6.07) is 4.72. The summed E-state index contributed by atoms with van der Waals surface area (Å²) in [4.78, 5) is 6.77. The van der Waals surface area contributed by atoms with Crippen LogP contribution in [0.15, 0.2) is 18.3 Å². The maximum Gasteiger partial charge on any atom is 0.168 e. The second kappa shape index (κ2) is 5.10. The molecular weight excluding hydrogens is 240 g/mol. The summed E-state index contributed by atoms with van der Waals surface area (Å²) in [5, 5.41) is 0. The van der Waals surface area contributed by atoms with Crippen LogP contribution in [0.3, 0.4) is 0 Å². The van der Waals surface area contributed by atoms with Crippen LogP contribution in [0.4, 0.5) is 5.82 Å². The zero-order valence-electron chi connectivity index (χ0n) is 11.8. The van der Waals surface area contributed by atoms with Crippen LogP contribution < -0.4 is 4.90 Å². The lowest BCUT2D eigenvalue weighted by molar-refractivity contribution is -0.178. The van der Waals surface area contributed by atoms with Crippen molar-refractivity contribution in [1.29, 1.82) is 0 Å². The van der Waals surface area contributed by atoms with Crippen molar-refractivity contribution in [2.75, 3.05) is 25.2 Å². The van der Waals surface area contributed by atoms with Crippen LogP contribution in [-0.4, -0.2) is 37.1 Å². The van der Waals surface area contributed by atoms with Gasteiger partial charge in [0.1, 0.15) is 5.82 Å². The number of nitrogens with zero attached hydrogens (tertiary/aromatic N) is 2. The average Bonchev–Trinajstić information content (AvgIpc) is 2.87. The Bertz CT molecular complexity index is 434. The number of anilines is 1. The number of ether oxygens (including phenoxy) is 2. The van der Waals surface area contributed by atoms with Crippen LogP contribution >= 0.6 is 0 Å². The van der Waals surface area contributed by atoms with E-state index < -0.39 is 0 Å². The highest BCUT2D eigenvalue weighted by Gasteiger charge is 2.41. The fourth-order valence-corrected chi connectivity index (χ4v) is 3.12. The molecule has 0 bridgehead atoms. The molecule has 4 nitrogen and oxygen atoms in total. The van der Waals surface area contributed by atoms with Gasteiger partial charge in [0, 0.05) is 32.1 Å². The lowest BCUT2D eigenvalue weighted by Crippen LogP contribution is -2.43. The quantitative estimate of drug-likeness (QED) is 0.820. The van der Waals surface area contributed by atoms with Gasteiger partial charge in [0.15, 0.2) is 5.79 Å². The van der Waals surface area contributed by atoms with Crippen LogP contribution in [0.5, 0.6) is 0 Å². The number of rotatable bonds is 2. The summed E-state index contributed by atoms with van der Waals surface area (Å²) >= 11 is 0. The Balaban J connectivity index is 1.64. The molecule has 0 aromatic carbocycles. The summed E-state index contributed by atoms with van der Waals surface area (Å²) in [5.74, 6) is 0.798. The monoisotopic (exact) mass is 262 g/mol. The number of hydrogen-bond donors (Lipinski definition) is 0. The van der Waals surface area contributed by atoms with Gasteiger partial charge < -0.3 is 14.4 Å². The van der Waals surface area contributed by atoms with Crippen LogP contribution in [0.2, 0.25) is 0 Å². The van der Waals surface area contributed by atoms with Gasteiger partial charge in [0.05, 0.1) is 13.2 Å². The highest BCUT2D eigenvalue weighted by molar-refractivity contribution is 5.41. The molecule has 1 saturated heterocycles. The van der Waals surface area contributed by atoms with Gasteiger partial charge in [-0.3, -0.25) is 0 Å². The normalized spacial score (nSPS) is 22.8. The van der Waals surface area contributed by atoms with E-state index in [1.165, 1.54) is 5.56 Å².